The van der Waals surface area contributed by atoms with Crippen LogP contribution in [0.2, 0.25) is 0 Å². The molecule has 3 rings (SSSR count). The van der Waals surface area contributed by atoms with Crippen LogP contribution >= 0.6 is 11.8 Å². The Morgan fingerprint density at radius 3 is 2.56 bits per heavy atom. The lowest BCUT2D eigenvalue weighted by Crippen LogP contribution is -2.44. The van der Waals surface area contributed by atoms with Crippen LogP contribution in [-0.2, 0) is 4.79 Å². The van der Waals surface area contributed by atoms with Crippen molar-refractivity contribution < 1.29 is 19.5 Å². The Labute approximate surface area is 161 Å². The molecular formula is C20H20N2O4S. The smallest absolute Gasteiger partial charge is 0.335 e. The maximum absolute atomic E-state index is 12.8. The van der Waals surface area contributed by atoms with Gasteiger partial charge >= 0.3 is 5.97 Å². The largest absolute Gasteiger partial charge is 0.478 e. The monoisotopic (exact) mass is 384 g/mol. The standard InChI is InChI=1S/C20H20N2O4S/c1-12-5-3-8-16(13(12)2)21-18(23)17-10-27-11-22(17)19(24)14-6-4-7-15(9-14)20(25)26/h3-9,17H,10-11H2,1-2H3,(H,21,23)(H,25,26). The van der Waals surface area contributed by atoms with Crippen molar-refractivity contribution in [3.05, 3.63) is 64.7 Å². The number of nitrogens with one attached hydrogen (secondary N) is 1. The molecule has 1 saturated heterocycles. The predicted octanol–water partition coefficient (Wildman–Crippen LogP) is 3.16. The van der Waals surface area contributed by atoms with Gasteiger partial charge in [-0.05, 0) is 49.2 Å². The van der Waals surface area contributed by atoms with Crippen LogP contribution in [0.1, 0.15) is 31.8 Å². The highest BCUT2D eigenvalue weighted by Crippen LogP contribution is 2.26. The average Bonchev–Trinajstić information content (AvgIpc) is 3.15. The van der Waals surface area contributed by atoms with Crippen molar-refractivity contribution in [1.29, 1.82) is 0 Å². The Hall–Kier alpha value is -2.80. The maximum atomic E-state index is 12.8. The number of carboxylic acid groups (broad SMARTS) is 1. The van der Waals surface area contributed by atoms with Crippen molar-refractivity contribution in [2.24, 2.45) is 0 Å². The molecule has 0 saturated carbocycles. The molecule has 0 aromatic heterocycles. The molecule has 1 unspecified atom stereocenters. The summed E-state index contributed by atoms with van der Waals surface area (Å²) in [6.07, 6.45) is 0. The highest BCUT2D eigenvalue weighted by atomic mass is 32.2. The average molecular weight is 384 g/mol. The summed E-state index contributed by atoms with van der Waals surface area (Å²) in [5.74, 6) is -0.785. The molecule has 27 heavy (non-hydrogen) atoms. The zero-order chi connectivity index (χ0) is 19.6. The summed E-state index contributed by atoms with van der Waals surface area (Å²) in [5.41, 5.74) is 3.11. The minimum Gasteiger partial charge on any atom is -0.478 e. The highest BCUT2D eigenvalue weighted by Gasteiger charge is 2.35. The number of thioether (sulfide) groups is 1. The first-order valence-corrected chi connectivity index (χ1v) is 9.63. The fourth-order valence-electron chi connectivity index (χ4n) is 2.91. The lowest BCUT2D eigenvalue weighted by Gasteiger charge is -2.23. The summed E-state index contributed by atoms with van der Waals surface area (Å²) < 4.78 is 0. The Kier molecular flexibility index (Phi) is 5.51. The number of carbonyl (C=O) groups is 3. The molecule has 2 N–H and O–H groups in total. The number of anilines is 1. The minimum atomic E-state index is -1.09. The summed E-state index contributed by atoms with van der Waals surface area (Å²) in [6, 6.07) is 11.0. The van der Waals surface area contributed by atoms with Gasteiger partial charge in [0.2, 0.25) is 5.91 Å². The van der Waals surface area contributed by atoms with Gasteiger partial charge in [-0.25, -0.2) is 4.79 Å². The van der Waals surface area contributed by atoms with Crippen LogP contribution < -0.4 is 5.32 Å². The van der Waals surface area contributed by atoms with E-state index in [1.165, 1.54) is 34.9 Å². The molecule has 0 spiro atoms. The SMILES string of the molecule is Cc1cccc(NC(=O)C2CSCN2C(=O)c2cccc(C(=O)O)c2)c1C. The van der Waals surface area contributed by atoms with E-state index in [4.69, 9.17) is 5.11 Å². The van der Waals surface area contributed by atoms with Crippen molar-refractivity contribution >= 4 is 35.2 Å². The first-order valence-electron chi connectivity index (χ1n) is 8.47. The molecule has 0 aliphatic carbocycles. The van der Waals surface area contributed by atoms with Crippen LogP contribution in [0.3, 0.4) is 0 Å². The quantitative estimate of drug-likeness (QED) is 0.846. The van der Waals surface area contributed by atoms with E-state index in [0.29, 0.717) is 11.6 Å². The molecular weight excluding hydrogens is 364 g/mol. The molecule has 1 fully saturated rings. The predicted molar refractivity (Wildman–Crippen MR) is 105 cm³/mol. The van der Waals surface area contributed by atoms with Crippen molar-refractivity contribution in [1.82, 2.24) is 4.90 Å². The van der Waals surface area contributed by atoms with E-state index in [1.54, 1.807) is 6.07 Å². The van der Waals surface area contributed by atoms with Crippen LogP contribution in [0.4, 0.5) is 5.69 Å². The van der Waals surface area contributed by atoms with E-state index in [1.807, 2.05) is 32.0 Å². The van der Waals surface area contributed by atoms with Crippen LogP contribution in [0.15, 0.2) is 42.5 Å². The highest BCUT2D eigenvalue weighted by molar-refractivity contribution is 7.99. The van der Waals surface area contributed by atoms with Gasteiger partial charge < -0.3 is 15.3 Å². The number of hydrogen-bond acceptors (Lipinski definition) is 4. The molecule has 2 amide bonds. The van der Waals surface area contributed by atoms with Crippen molar-refractivity contribution in [2.75, 3.05) is 16.9 Å². The Balaban J connectivity index is 1.79. The third-order valence-corrected chi connectivity index (χ3v) is 5.68. The molecule has 0 radical (unpaired) electrons. The van der Waals surface area contributed by atoms with Gasteiger partial charge in [0, 0.05) is 17.0 Å². The Morgan fingerprint density at radius 1 is 1.11 bits per heavy atom. The summed E-state index contributed by atoms with van der Waals surface area (Å²) in [4.78, 5) is 38.3. The van der Waals surface area contributed by atoms with E-state index in [9.17, 15) is 14.4 Å². The Morgan fingerprint density at radius 2 is 1.81 bits per heavy atom. The summed E-state index contributed by atoms with van der Waals surface area (Å²) in [5, 5.41) is 12.0. The van der Waals surface area contributed by atoms with Gasteiger partial charge in [-0.3, -0.25) is 9.59 Å². The molecule has 1 atom stereocenters. The molecule has 6 nitrogen and oxygen atoms in total. The number of rotatable bonds is 4. The number of carbonyl (C=O) groups excluding carboxylic acids is 2. The third kappa shape index (κ3) is 3.98. The van der Waals surface area contributed by atoms with Gasteiger partial charge in [0.25, 0.3) is 5.91 Å². The number of nitrogens with zero attached hydrogens (tertiary/aromatic N) is 1. The molecule has 2 aromatic rings. The number of amides is 2. The lowest BCUT2D eigenvalue weighted by atomic mass is 10.1. The summed E-state index contributed by atoms with van der Waals surface area (Å²) >= 11 is 1.50. The number of aromatic carboxylic acids is 1. The number of hydrogen-bond donors (Lipinski definition) is 2. The second-order valence-electron chi connectivity index (χ2n) is 6.41. The third-order valence-electron chi connectivity index (χ3n) is 4.66. The van der Waals surface area contributed by atoms with Gasteiger partial charge in [0.1, 0.15) is 6.04 Å². The minimum absolute atomic E-state index is 0.0455. The van der Waals surface area contributed by atoms with Crippen LogP contribution in [0, 0.1) is 13.8 Å². The van der Waals surface area contributed by atoms with Crippen LogP contribution in [0.25, 0.3) is 0 Å². The van der Waals surface area contributed by atoms with Crippen LogP contribution in [-0.4, -0.2) is 45.5 Å². The first-order chi connectivity index (χ1) is 12.9. The summed E-state index contributed by atoms with van der Waals surface area (Å²) in [6.45, 7) is 3.91. The fraction of sp³-hybridized carbons (Fsp3) is 0.250. The van der Waals surface area contributed by atoms with Gasteiger partial charge in [-0.15, -0.1) is 11.8 Å². The molecule has 1 aliphatic rings. The van der Waals surface area contributed by atoms with Crippen molar-refractivity contribution in [2.45, 2.75) is 19.9 Å². The second kappa shape index (κ2) is 7.84. The molecule has 1 aliphatic heterocycles. The van der Waals surface area contributed by atoms with Gasteiger partial charge in [-0.2, -0.15) is 0 Å². The number of aryl methyl sites for hydroxylation is 1. The van der Waals surface area contributed by atoms with E-state index < -0.39 is 12.0 Å². The Bertz CT molecular complexity index is 913. The molecule has 2 aromatic carbocycles. The maximum Gasteiger partial charge on any atom is 0.335 e. The van der Waals surface area contributed by atoms with Crippen molar-refractivity contribution in [3.8, 4) is 0 Å². The molecule has 0 bridgehead atoms. The zero-order valence-corrected chi connectivity index (χ0v) is 15.9. The fourth-order valence-corrected chi connectivity index (χ4v) is 4.07. The van der Waals surface area contributed by atoms with E-state index >= 15 is 0 Å². The lowest BCUT2D eigenvalue weighted by molar-refractivity contribution is -0.119. The number of benzene rings is 2. The van der Waals surface area contributed by atoms with E-state index in [0.717, 1.165) is 16.8 Å². The molecule has 140 valence electrons. The van der Waals surface area contributed by atoms with Gasteiger partial charge in [-0.1, -0.05) is 18.2 Å². The normalized spacial score (nSPS) is 16.2. The first kappa shape index (κ1) is 19.0. The second-order valence-corrected chi connectivity index (χ2v) is 7.41. The zero-order valence-electron chi connectivity index (χ0n) is 15.1. The topological polar surface area (TPSA) is 86.7 Å². The summed E-state index contributed by atoms with van der Waals surface area (Å²) in [7, 11) is 0. The number of carboxylic acids is 1. The van der Waals surface area contributed by atoms with Crippen LogP contribution in [0.5, 0.6) is 0 Å². The molecule has 7 heteroatoms. The van der Waals surface area contributed by atoms with Crippen molar-refractivity contribution in [3.63, 3.8) is 0 Å². The van der Waals surface area contributed by atoms with E-state index in [-0.39, 0.29) is 22.9 Å². The van der Waals surface area contributed by atoms with Gasteiger partial charge in [0.05, 0.1) is 11.4 Å². The van der Waals surface area contributed by atoms with Gasteiger partial charge in [0.15, 0.2) is 0 Å². The molecule has 1 heterocycles. The van der Waals surface area contributed by atoms with E-state index in [2.05, 4.69) is 5.32 Å².